The summed E-state index contributed by atoms with van der Waals surface area (Å²) >= 11 is 0. The Morgan fingerprint density at radius 1 is 0.750 bits per heavy atom. The van der Waals surface area contributed by atoms with Gasteiger partial charge in [0.05, 0.1) is 37.6 Å². The average molecular weight is 748 g/mol. The highest BCUT2D eigenvalue weighted by molar-refractivity contribution is 5.76. The monoisotopic (exact) mass is 748 g/mol. The van der Waals surface area contributed by atoms with Gasteiger partial charge in [-0.15, -0.1) is 0 Å². The van der Waals surface area contributed by atoms with Crippen LogP contribution in [0, 0.1) is 0 Å². The van der Waals surface area contributed by atoms with Gasteiger partial charge in [0.2, 0.25) is 5.91 Å². The van der Waals surface area contributed by atoms with Crippen LogP contribution in [-0.4, -0.2) is 124 Å². The van der Waals surface area contributed by atoms with Crippen LogP contribution in [0.1, 0.15) is 162 Å². The number of hydrogen-bond donors (Lipinski definition) is 7. The summed E-state index contributed by atoms with van der Waals surface area (Å²) in [6.45, 7) is 5.03. The summed E-state index contributed by atoms with van der Waals surface area (Å²) in [4.78, 5) is 13.0. The summed E-state index contributed by atoms with van der Waals surface area (Å²) in [6.07, 6.45) is 14.6. The van der Waals surface area contributed by atoms with Gasteiger partial charge >= 0.3 is 0 Å². The second-order valence-electron chi connectivity index (χ2n) is 15.4. The van der Waals surface area contributed by atoms with E-state index in [0.29, 0.717) is 18.9 Å². The molecule has 0 aromatic carbocycles. The van der Waals surface area contributed by atoms with Gasteiger partial charge in [-0.25, -0.2) is 0 Å². The van der Waals surface area contributed by atoms with Crippen LogP contribution >= 0.6 is 0 Å². The molecule has 2 heterocycles. The molecule has 0 spiro atoms. The van der Waals surface area contributed by atoms with Crippen molar-refractivity contribution in [2.75, 3.05) is 26.4 Å². The SMILES string of the molecule is CCCCCCCCCCCCCC[C@@H](O)[C@@H](O)[C@H](CO[C@H]1O[C@H](CO)[C@H](O)[C@H](O)[C@H]1O)NC(=O)CCCCCCCCC(C)OC1CCOCC1. The number of aliphatic hydroxyl groups excluding tert-OH is 6. The molecule has 2 saturated heterocycles. The van der Waals surface area contributed by atoms with Crippen molar-refractivity contribution < 1.29 is 54.4 Å². The third kappa shape index (κ3) is 20.1. The summed E-state index contributed by atoms with van der Waals surface area (Å²) in [6, 6.07) is -1.00. The Kier molecular flexibility index (Phi) is 26.7. The highest BCUT2D eigenvalue weighted by atomic mass is 16.7. The number of ether oxygens (including phenoxy) is 4. The second kappa shape index (κ2) is 29.4. The fraction of sp³-hybridized carbons (Fsp3) is 0.975. The molecule has 7 N–H and O–H groups in total. The molecule has 12 heteroatoms. The highest BCUT2D eigenvalue weighted by Gasteiger charge is 2.44. The summed E-state index contributed by atoms with van der Waals surface area (Å²) in [5.41, 5.74) is 0. The van der Waals surface area contributed by atoms with Crippen molar-refractivity contribution in [3.63, 3.8) is 0 Å². The smallest absolute Gasteiger partial charge is 0.220 e. The molecule has 12 nitrogen and oxygen atoms in total. The molecule has 0 saturated carbocycles. The Morgan fingerprint density at radius 2 is 1.29 bits per heavy atom. The number of carbonyl (C=O) groups is 1. The van der Waals surface area contributed by atoms with Gasteiger partial charge in [-0.1, -0.05) is 116 Å². The third-order valence-corrected chi connectivity index (χ3v) is 10.7. The van der Waals surface area contributed by atoms with Crippen molar-refractivity contribution in [1.29, 1.82) is 0 Å². The van der Waals surface area contributed by atoms with Crippen LogP contribution < -0.4 is 5.32 Å². The standard InChI is InChI=1S/C40H77NO11/c1-3-4-5-6-7-8-9-10-11-12-16-19-22-33(43)36(45)32(29-50-40-39(48)38(47)37(46)34(28-42)52-40)41-35(44)23-20-17-14-13-15-18-21-30(2)51-31-24-26-49-27-25-31/h30-34,36-40,42-43,45-48H,3-29H2,1-2H3,(H,41,44)/t30?,32-,33+,34+,36-,37-,38-,39+,40-/m0/s1. The topological polar surface area (TPSA) is 187 Å². The Hall–Kier alpha value is -0.930. The summed E-state index contributed by atoms with van der Waals surface area (Å²) in [7, 11) is 0. The summed E-state index contributed by atoms with van der Waals surface area (Å²) in [5, 5.41) is 65.0. The molecule has 0 radical (unpaired) electrons. The molecule has 2 fully saturated rings. The molecular formula is C40H77NO11. The number of hydrogen-bond acceptors (Lipinski definition) is 11. The first-order valence-corrected chi connectivity index (χ1v) is 21.0. The van der Waals surface area contributed by atoms with Gasteiger partial charge < -0.3 is 54.9 Å². The Bertz CT molecular complexity index is 861. The van der Waals surface area contributed by atoms with Crippen LogP contribution in [0.4, 0.5) is 0 Å². The molecule has 308 valence electrons. The fourth-order valence-electron chi connectivity index (χ4n) is 7.17. The normalized spacial score (nSPS) is 25.1. The molecule has 0 aromatic heterocycles. The summed E-state index contributed by atoms with van der Waals surface area (Å²) < 4.78 is 22.7. The molecule has 9 atom stereocenters. The van der Waals surface area contributed by atoms with Crippen LogP contribution in [-0.2, 0) is 23.7 Å². The summed E-state index contributed by atoms with van der Waals surface area (Å²) in [5.74, 6) is -0.280. The van der Waals surface area contributed by atoms with Crippen molar-refractivity contribution in [2.45, 2.75) is 223 Å². The molecular weight excluding hydrogens is 670 g/mol. The van der Waals surface area contributed by atoms with Crippen molar-refractivity contribution in [3.05, 3.63) is 0 Å². The first kappa shape index (κ1) is 47.2. The zero-order valence-corrected chi connectivity index (χ0v) is 32.6. The number of amides is 1. The minimum atomic E-state index is -1.61. The van der Waals surface area contributed by atoms with Gasteiger partial charge in [0.1, 0.15) is 30.5 Å². The first-order valence-electron chi connectivity index (χ1n) is 21.0. The molecule has 0 aliphatic carbocycles. The zero-order valence-electron chi connectivity index (χ0n) is 32.6. The van der Waals surface area contributed by atoms with Crippen molar-refractivity contribution in [2.24, 2.45) is 0 Å². The first-order chi connectivity index (χ1) is 25.2. The van der Waals surface area contributed by atoms with Crippen molar-refractivity contribution >= 4 is 5.91 Å². The van der Waals surface area contributed by atoms with Gasteiger partial charge in [-0.3, -0.25) is 4.79 Å². The maximum absolute atomic E-state index is 13.0. The predicted molar refractivity (Wildman–Crippen MR) is 201 cm³/mol. The number of unbranched alkanes of at least 4 members (excludes halogenated alkanes) is 16. The van der Waals surface area contributed by atoms with Crippen LogP contribution in [0.2, 0.25) is 0 Å². The fourth-order valence-corrected chi connectivity index (χ4v) is 7.17. The van der Waals surface area contributed by atoms with E-state index in [2.05, 4.69) is 19.2 Å². The van der Waals surface area contributed by atoms with E-state index < -0.39 is 55.6 Å². The number of nitrogens with one attached hydrogen (secondary N) is 1. The molecule has 2 aliphatic rings. The minimum Gasteiger partial charge on any atom is -0.394 e. The lowest BCUT2D eigenvalue weighted by molar-refractivity contribution is -0.303. The number of rotatable bonds is 31. The predicted octanol–water partition coefficient (Wildman–Crippen LogP) is 4.81. The zero-order chi connectivity index (χ0) is 38.0. The van der Waals surface area contributed by atoms with Crippen molar-refractivity contribution in [1.82, 2.24) is 5.32 Å². The van der Waals surface area contributed by atoms with Gasteiger partial charge in [-0.05, 0) is 39.0 Å². The largest absolute Gasteiger partial charge is 0.394 e. The maximum atomic E-state index is 13.0. The lowest BCUT2D eigenvalue weighted by Gasteiger charge is -2.40. The Morgan fingerprint density at radius 3 is 1.87 bits per heavy atom. The van der Waals surface area contributed by atoms with E-state index in [1.54, 1.807) is 0 Å². The van der Waals surface area contributed by atoms with E-state index in [1.807, 2.05) is 0 Å². The molecule has 2 rings (SSSR count). The maximum Gasteiger partial charge on any atom is 0.220 e. The highest BCUT2D eigenvalue weighted by Crippen LogP contribution is 2.23. The van der Waals surface area contributed by atoms with Gasteiger partial charge in [0.15, 0.2) is 6.29 Å². The molecule has 1 amide bonds. The second-order valence-corrected chi connectivity index (χ2v) is 15.4. The number of aliphatic hydroxyl groups is 6. The molecule has 2 aliphatic heterocycles. The van der Waals surface area contributed by atoms with Gasteiger partial charge in [-0.2, -0.15) is 0 Å². The van der Waals surface area contributed by atoms with E-state index in [1.165, 1.54) is 51.4 Å². The van der Waals surface area contributed by atoms with Crippen LogP contribution in [0.15, 0.2) is 0 Å². The Labute approximate surface area is 314 Å². The van der Waals surface area contributed by atoms with Crippen LogP contribution in [0.3, 0.4) is 0 Å². The van der Waals surface area contributed by atoms with Gasteiger partial charge in [0, 0.05) is 19.6 Å². The van der Waals surface area contributed by atoms with Crippen molar-refractivity contribution in [3.8, 4) is 0 Å². The molecule has 0 bridgehead atoms. The lowest BCUT2D eigenvalue weighted by Crippen LogP contribution is -2.60. The minimum absolute atomic E-state index is 0.253. The van der Waals surface area contributed by atoms with E-state index in [4.69, 9.17) is 18.9 Å². The Balaban J connectivity index is 1.72. The van der Waals surface area contributed by atoms with E-state index in [-0.39, 0.29) is 25.0 Å². The van der Waals surface area contributed by atoms with E-state index in [9.17, 15) is 35.4 Å². The number of carbonyl (C=O) groups excluding carboxylic acids is 1. The third-order valence-electron chi connectivity index (χ3n) is 10.7. The van der Waals surface area contributed by atoms with Crippen LogP contribution in [0.25, 0.3) is 0 Å². The molecule has 1 unspecified atom stereocenters. The van der Waals surface area contributed by atoms with E-state index in [0.717, 1.165) is 90.3 Å². The molecule has 0 aromatic rings. The average Bonchev–Trinajstić information content (AvgIpc) is 3.14. The quantitative estimate of drug-likeness (QED) is 0.0483. The molecule has 52 heavy (non-hydrogen) atoms. The van der Waals surface area contributed by atoms with Gasteiger partial charge in [0.25, 0.3) is 0 Å². The lowest BCUT2D eigenvalue weighted by atomic mass is 9.98. The van der Waals surface area contributed by atoms with E-state index >= 15 is 0 Å². The van der Waals surface area contributed by atoms with Crippen LogP contribution in [0.5, 0.6) is 0 Å².